The van der Waals surface area contributed by atoms with E-state index in [1.807, 2.05) is 27.7 Å². The zero-order valence-electron chi connectivity index (χ0n) is 11.2. The summed E-state index contributed by atoms with van der Waals surface area (Å²) in [6.07, 6.45) is 3.11. The minimum atomic E-state index is -0.671. The number of esters is 1. The van der Waals surface area contributed by atoms with Crippen LogP contribution < -0.4 is 0 Å². The third kappa shape index (κ3) is 12.6. The number of carboxylic acid groups (broad SMARTS) is 1. The minimum Gasteiger partial charge on any atom is -0.481 e. The van der Waals surface area contributed by atoms with Crippen molar-refractivity contribution in [2.24, 2.45) is 11.8 Å². The van der Waals surface area contributed by atoms with Crippen LogP contribution in [0.2, 0.25) is 0 Å². The highest BCUT2D eigenvalue weighted by Gasteiger charge is 2.10. The molecule has 0 rings (SSSR count). The van der Waals surface area contributed by atoms with Gasteiger partial charge in [0.1, 0.15) is 0 Å². The van der Waals surface area contributed by atoms with Crippen molar-refractivity contribution in [1.82, 2.24) is 0 Å². The van der Waals surface area contributed by atoms with Crippen LogP contribution in [0.25, 0.3) is 0 Å². The van der Waals surface area contributed by atoms with Gasteiger partial charge in [-0.2, -0.15) is 0 Å². The van der Waals surface area contributed by atoms with Crippen LogP contribution >= 0.6 is 0 Å². The Hall–Kier alpha value is -1.32. The zero-order valence-corrected chi connectivity index (χ0v) is 11.2. The summed E-state index contributed by atoms with van der Waals surface area (Å²) in [4.78, 5) is 20.7. The smallest absolute Gasteiger partial charge is 0.310 e. The lowest BCUT2D eigenvalue weighted by Gasteiger charge is -2.02. The number of ether oxygens (including phenoxy) is 1. The van der Waals surface area contributed by atoms with Crippen LogP contribution in [0.4, 0.5) is 0 Å². The fourth-order valence-electron chi connectivity index (χ4n) is 1.11. The number of carbonyl (C=O) groups excluding carboxylic acids is 1. The number of hydrogen-bond acceptors (Lipinski definition) is 3. The Morgan fingerprint density at radius 2 is 1.76 bits per heavy atom. The Bertz CT molecular complexity index is 230. The van der Waals surface area contributed by atoms with Crippen molar-refractivity contribution in [2.45, 2.75) is 47.0 Å². The molecule has 0 amide bonds. The van der Waals surface area contributed by atoms with Gasteiger partial charge in [-0.25, -0.2) is 0 Å². The number of rotatable bonds is 6. The van der Waals surface area contributed by atoms with E-state index < -0.39 is 5.97 Å². The predicted molar refractivity (Wildman–Crippen MR) is 67.5 cm³/mol. The molecule has 0 atom stereocenters. The molecule has 0 saturated carbocycles. The summed E-state index contributed by atoms with van der Waals surface area (Å²) in [5.41, 5.74) is 0. The molecule has 0 spiro atoms. The summed E-state index contributed by atoms with van der Waals surface area (Å²) >= 11 is 0. The van der Waals surface area contributed by atoms with Crippen LogP contribution in [0.5, 0.6) is 0 Å². The van der Waals surface area contributed by atoms with Gasteiger partial charge in [0.15, 0.2) is 0 Å². The molecule has 0 heterocycles. The second-order valence-corrected chi connectivity index (χ2v) is 4.11. The number of carbonyl (C=O) groups is 2. The molecule has 4 nitrogen and oxygen atoms in total. The van der Waals surface area contributed by atoms with Crippen LogP contribution in [0.15, 0.2) is 12.8 Å². The minimum absolute atomic E-state index is 0.130. The van der Waals surface area contributed by atoms with E-state index in [-0.39, 0.29) is 11.9 Å². The van der Waals surface area contributed by atoms with Crippen LogP contribution in [-0.4, -0.2) is 17.0 Å². The Kier molecular flexibility index (Phi) is 11.9. The lowest BCUT2D eigenvalue weighted by atomic mass is 10.1. The Morgan fingerprint density at radius 3 is 1.94 bits per heavy atom. The van der Waals surface area contributed by atoms with Gasteiger partial charge in [0.2, 0.25) is 0 Å². The van der Waals surface area contributed by atoms with Crippen LogP contribution in [-0.2, 0) is 14.3 Å². The highest BCUT2D eigenvalue weighted by atomic mass is 16.5. The molecule has 0 radical (unpaired) electrons. The fraction of sp³-hybridized carbons (Fsp3) is 0.692. The number of hydrogen-bond donors (Lipinski definition) is 1. The van der Waals surface area contributed by atoms with Crippen molar-refractivity contribution in [1.29, 1.82) is 0 Å². The monoisotopic (exact) mass is 244 g/mol. The normalized spacial score (nSPS) is 9.53. The summed E-state index contributed by atoms with van der Waals surface area (Å²) in [6.45, 7) is 11.0. The van der Waals surface area contributed by atoms with Gasteiger partial charge in [-0.3, -0.25) is 9.59 Å². The van der Waals surface area contributed by atoms with E-state index in [9.17, 15) is 9.59 Å². The number of carboxylic acids is 1. The molecule has 0 fully saturated rings. The average molecular weight is 244 g/mol. The molecule has 0 aromatic carbocycles. The van der Waals surface area contributed by atoms with E-state index in [0.29, 0.717) is 12.3 Å². The topological polar surface area (TPSA) is 63.6 Å². The molecule has 0 aromatic rings. The lowest BCUT2D eigenvalue weighted by Crippen LogP contribution is -2.10. The molecule has 0 aliphatic rings. The summed E-state index contributed by atoms with van der Waals surface area (Å²) in [7, 11) is 0. The molecule has 100 valence electrons. The van der Waals surface area contributed by atoms with Crippen molar-refractivity contribution in [3.05, 3.63) is 12.8 Å². The molecular weight excluding hydrogens is 220 g/mol. The third-order valence-electron chi connectivity index (χ3n) is 2.12. The molecule has 1 N–H and O–H groups in total. The van der Waals surface area contributed by atoms with Gasteiger partial charge >= 0.3 is 11.9 Å². The van der Waals surface area contributed by atoms with Gasteiger partial charge in [0, 0.05) is 6.42 Å². The second kappa shape index (κ2) is 11.2. The van der Waals surface area contributed by atoms with Crippen molar-refractivity contribution in [3.63, 3.8) is 0 Å². The Morgan fingerprint density at radius 1 is 1.29 bits per heavy atom. The van der Waals surface area contributed by atoms with Crippen molar-refractivity contribution in [3.8, 4) is 0 Å². The summed E-state index contributed by atoms with van der Waals surface area (Å²) in [6, 6.07) is 0. The van der Waals surface area contributed by atoms with E-state index in [0.717, 1.165) is 19.1 Å². The molecule has 0 saturated heterocycles. The first kappa shape index (κ1) is 18.1. The van der Waals surface area contributed by atoms with E-state index in [4.69, 9.17) is 5.11 Å². The molecule has 0 bridgehead atoms. The molecule has 0 unspecified atom stereocenters. The van der Waals surface area contributed by atoms with Crippen LogP contribution in [0.3, 0.4) is 0 Å². The van der Waals surface area contributed by atoms with Crippen LogP contribution in [0, 0.1) is 11.8 Å². The first-order chi connectivity index (χ1) is 7.88. The molecule has 0 aliphatic carbocycles. The maximum absolute atomic E-state index is 10.6. The maximum atomic E-state index is 10.6. The van der Waals surface area contributed by atoms with Gasteiger partial charge in [-0.15, -0.1) is 0 Å². The highest BCUT2D eigenvalue weighted by molar-refractivity contribution is 5.70. The van der Waals surface area contributed by atoms with Crippen molar-refractivity contribution < 1.29 is 19.4 Å². The SMILES string of the molecule is C=COC(=O)CC(C)C.CCC(CC)C(=O)O. The van der Waals surface area contributed by atoms with Crippen molar-refractivity contribution >= 4 is 11.9 Å². The van der Waals surface area contributed by atoms with E-state index >= 15 is 0 Å². The van der Waals surface area contributed by atoms with Crippen molar-refractivity contribution in [2.75, 3.05) is 0 Å². The molecule has 4 heteroatoms. The maximum Gasteiger partial charge on any atom is 0.310 e. The van der Waals surface area contributed by atoms with Gasteiger partial charge in [-0.05, 0) is 18.8 Å². The van der Waals surface area contributed by atoms with E-state index in [1.165, 1.54) is 0 Å². The standard InChI is InChI=1S/C7H12O2.C6H12O2/c1-4-9-7(8)5-6(2)3;1-3-5(4-2)6(7)8/h4,6H,1,5H2,2-3H3;5H,3-4H2,1-2H3,(H,7,8). The summed E-state index contributed by atoms with van der Waals surface area (Å²) in [5, 5.41) is 8.37. The van der Waals surface area contributed by atoms with Gasteiger partial charge in [0.05, 0.1) is 12.2 Å². The summed E-state index contributed by atoms with van der Waals surface area (Å²) < 4.78 is 4.48. The quantitative estimate of drug-likeness (QED) is 0.575. The predicted octanol–water partition coefficient (Wildman–Crippen LogP) is 3.23. The largest absolute Gasteiger partial charge is 0.481 e. The van der Waals surface area contributed by atoms with E-state index in [2.05, 4.69) is 11.3 Å². The summed E-state index contributed by atoms with van der Waals surface area (Å²) in [5.74, 6) is -0.651. The Balaban J connectivity index is 0. The number of aliphatic carboxylic acids is 1. The van der Waals surface area contributed by atoms with Gasteiger partial charge < -0.3 is 9.84 Å². The zero-order chi connectivity index (χ0) is 13.8. The fourth-order valence-corrected chi connectivity index (χ4v) is 1.11. The van der Waals surface area contributed by atoms with E-state index in [1.54, 1.807) is 0 Å². The lowest BCUT2D eigenvalue weighted by molar-refractivity contribution is -0.142. The van der Waals surface area contributed by atoms with Gasteiger partial charge in [0.25, 0.3) is 0 Å². The average Bonchev–Trinajstić information content (AvgIpc) is 2.18. The molecule has 0 aliphatic heterocycles. The Labute approximate surface area is 104 Å². The first-order valence-electron chi connectivity index (χ1n) is 5.92. The van der Waals surface area contributed by atoms with Gasteiger partial charge in [-0.1, -0.05) is 34.3 Å². The third-order valence-corrected chi connectivity index (χ3v) is 2.12. The molecule has 0 aromatic heterocycles. The second-order valence-electron chi connectivity index (χ2n) is 4.11. The first-order valence-corrected chi connectivity index (χ1v) is 5.92. The molecule has 17 heavy (non-hydrogen) atoms. The molecular formula is C13H24O4. The highest BCUT2D eigenvalue weighted by Crippen LogP contribution is 2.05. The van der Waals surface area contributed by atoms with Crippen LogP contribution in [0.1, 0.15) is 47.0 Å².